The number of anilines is 1. The Morgan fingerprint density at radius 1 is 1.29 bits per heavy atom. The molecule has 2 N–H and O–H groups in total. The molecular weight excluding hydrogens is 478 g/mol. The SMILES string of the molecule is CCc1c(C)sc(NC(NC(=O)c2ccc(Cl)cc2Cl)(C(=O)OC)C(F)(F)F)c1C#N. The zero-order valence-corrected chi connectivity index (χ0v) is 18.7. The van der Waals surface area contributed by atoms with E-state index in [0.717, 1.165) is 24.5 Å². The zero-order chi connectivity index (χ0) is 23.6. The molecule has 166 valence electrons. The molecule has 0 fully saturated rings. The molecule has 1 heterocycles. The van der Waals surface area contributed by atoms with E-state index in [0.29, 0.717) is 16.9 Å². The number of amides is 1. The van der Waals surface area contributed by atoms with Crippen molar-refractivity contribution < 1.29 is 27.5 Å². The van der Waals surface area contributed by atoms with Crippen LogP contribution in [0.4, 0.5) is 18.2 Å². The predicted molar refractivity (Wildman–Crippen MR) is 112 cm³/mol. The number of rotatable bonds is 6. The largest absolute Gasteiger partial charge is 0.466 e. The van der Waals surface area contributed by atoms with Gasteiger partial charge in [-0.3, -0.25) is 4.79 Å². The quantitative estimate of drug-likeness (QED) is 0.432. The average Bonchev–Trinajstić information content (AvgIpc) is 2.99. The van der Waals surface area contributed by atoms with Crippen molar-refractivity contribution >= 4 is 51.4 Å². The second kappa shape index (κ2) is 9.34. The van der Waals surface area contributed by atoms with Crippen LogP contribution < -0.4 is 10.6 Å². The molecule has 0 aliphatic carbocycles. The van der Waals surface area contributed by atoms with E-state index in [9.17, 15) is 28.0 Å². The van der Waals surface area contributed by atoms with Gasteiger partial charge in [0.25, 0.3) is 5.91 Å². The first-order valence-electron chi connectivity index (χ1n) is 8.65. The van der Waals surface area contributed by atoms with E-state index in [4.69, 9.17) is 23.2 Å². The molecular formula is C19H16Cl2F3N3O3S. The number of ether oxygens (including phenoxy) is 1. The number of nitrogens with zero attached hydrogens (tertiary/aromatic N) is 1. The highest BCUT2D eigenvalue weighted by Crippen LogP contribution is 2.39. The molecule has 1 atom stereocenters. The van der Waals surface area contributed by atoms with Gasteiger partial charge in [0.15, 0.2) is 0 Å². The van der Waals surface area contributed by atoms with Crippen LogP contribution in [0.15, 0.2) is 18.2 Å². The van der Waals surface area contributed by atoms with Gasteiger partial charge >= 0.3 is 17.8 Å². The van der Waals surface area contributed by atoms with Gasteiger partial charge in [0.05, 0.1) is 23.3 Å². The molecule has 0 aliphatic heterocycles. The van der Waals surface area contributed by atoms with Gasteiger partial charge in [-0.2, -0.15) is 18.4 Å². The van der Waals surface area contributed by atoms with Crippen LogP contribution in [0.2, 0.25) is 10.0 Å². The average molecular weight is 494 g/mol. The molecule has 0 aliphatic rings. The minimum absolute atomic E-state index is 0.0543. The van der Waals surface area contributed by atoms with E-state index in [2.05, 4.69) is 4.74 Å². The Morgan fingerprint density at radius 2 is 1.94 bits per heavy atom. The lowest BCUT2D eigenvalue weighted by Gasteiger charge is -2.34. The third-order valence-corrected chi connectivity index (χ3v) is 5.98. The first-order chi connectivity index (χ1) is 14.4. The number of thiophene rings is 1. The summed E-state index contributed by atoms with van der Waals surface area (Å²) in [6.07, 6.45) is -4.97. The van der Waals surface area contributed by atoms with E-state index >= 15 is 0 Å². The van der Waals surface area contributed by atoms with Crippen molar-refractivity contribution in [2.45, 2.75) is 32.1 Å². The fourth-order valence-corrected chi connectivity index (χ4v) is 4.48. The fraction of sp³-hybridized carbons (Fsp3) is 0.316. The lowest BCUT2D eigenvalue weighted by molar-refractivity contribution is -0.203. The van der Waals surface area contributed by atoms with Crippen LogP contribution in [-0.2, 0) is 16.0 Å². The van der Waals surface area contributed by atoms with E-state index in [1.807, 2.05) is 11.4 Å². The molecule has 2 rings (SSSR count). The molecule has 1 aromatic carbocycles. The Kier molecular flexibility index (Phi) is 7.47. The number of aryl methyl sites for hydroxylation is 1. The van der Waals surface area contributed by atoms with Crippen molar-refractivity contribution in [1.82, 2.24) is 5.32 Å². The maximum Gasteiger partial charge on any atom is 0.441 e. The van der Waals surface area contributed by atoms with Crippen molar-refractivity contribution in [3.63, 3.8) is 0 Å². The Bertz CT molecular complexity index is 1070. The molecule has 0 radical (unpaired) electrons. The Labute approximate surface area is 189 Å². The summed E-state index contributed by atoms with van der Waals surface area (Å²) in [6.45, 7) is 3.37. The van der Waals surface area contributed by atoms with E-state index in [1.165, 1.54) is 12.1 Å². The second-order valence-electron chi connectivity index (χ2n) is 6.25. The number of carbonyl (C=O) groups is 2. The summed E-state index contributed by atoms with van der Waals surface area (Å²) in [7, 11) is 0.744. The molecule has 0 spiro atoms. The molecule has 6 nitrogen and oxygen atoms in total. The Hall–Kier alpha value is -2.48. The summed E-state index contributed by atoms with van der Waals surface area (Å²) in [5.41, 5.74) is -3.55. The van der Waals surface area contributed by atoms with Gasteiger partial charge < -0.3 is 15.4 Å². The normalized spacial score (nSPS) is 13.1. The summed E-state index contributed by atoms with van der Waals surface area (Å²) >= 11 is 12.5. The third kappa shape index (κ3) is 4.74. The number of hydrogen-bond acceptors (Lipinski definition) is 6. The van der Waals surface area contributed by atoms with Crippen molar-refractivity contribution in [3.8, 4) is 6.07 Å². The number of halogens is 5. The number of hydrogen-bond donors (Lipinski definition) is 2. The number of nitrogens with one attached hydrogen (secondary N) is 2. The predicted octanol–water partition coefficient (Wildman–Crippen LogP) is 5.07. The highest BCUT2D eigenvalue weighted by molar-refractivity contribution is 7.16. The number of nitriles is 1. The number of methoxy groups -OCH3 is 1. The minimum Gasteiger partial charge on any atom is -0.466 e. The van der Waals surface area contributed by atoms with Gasteiger partial charge in [0.1, 0.15) is 11.1 Å². The zero-order valence-electron chi connectivity index (χ0n) is 16.4. The maximum atomic E-state index is 14.3. The van der Waals surface area contributed by atoms with Crippen LogP contribution >= 0.6 is 34.5 Å². The van der Waals surface area contributed by atoms with Crippen LogP contribution in [0, 0.1) is 18.3 Å². The lowest BCUT2D eigenvalue weighted by Crippen LogP contribution is -2.69. The summed E-state index contributed by atoms with van der Waals surface area (Å²) in [6, 6.07) is 5.39. The van der Waals surface area contributed by atoms with Crippen molar-refractivity contribution in [3.05, 3.63) is 49.8 Å². The molecule has 0 bridgehead atoms. The molecule has 2 aromatic rings. The number of esters is 1. The van der Waals surface area contributed by atoms with Gasteiger partial charge in [-0.1, -0.05) is 30.1 Å². The van der Waals surface area contributed by atoms with E-state index in [-0.39, 0.29) is 26.2 Å². The standard InChI is InChI=1S/C19H16Cl2F3N3O3S/c1-4-11-9(2)31-16(13(11)8-25)27-18(17(29)30-3,19(22,23)24)26-15(28)12-6-5-10(20)7-14(12)21/h5-7,27H,4H2,1-3H3,(H,26,28). The van der Waals surface area contributed by atoms with Gasteiger partial charge in [-0.15, -0.1) is 11.3 Å². The molecule has 0 saturated heterocycles. The van der Waals surface area contributed by atoms with Crippen LogP contribution in [0.5, 0.6) is 0 Å². The van der Waals surface area contributed by atoms with Crippen LogP contribution in [0.25, 0.3) is 0 Å². The lowest BCUT2D eigenvalue weighted by atomic mass is 10.1. The van der Waals surface area contributed by atoms with Gasteiger partial charge in [0.2, 0.25) is 0 Å². The summed E-state index contributed by atoms with van der Waals surface area (Å²) < 4.78 is 47.1. The Balaban J connectivity index is 2.64. The highest BCUT2D eigenvalue weighted by atomic mass is 35.5. The maximum absolute atomic E-state index is 14.3. The van der Waals surface area contributed by atoms with Gasteiger partial charge in [-0.05, 0) is 37.1 Å². The molecule has 1 aromatic heterocycles. The number of carbonyl (C=O) groups excluding carboxylic acids is 2. The monoisotopic (exact) mass is 493 g/mol. The minimum atomic E-state index is -5.36. The number of benzene rings is 1. The Morgan fingerprint density at radius 3 is 2.42 bits per heavy atom. The van der Waals surface area contributed by atoms with Crippen LogP contribution in [0.3, 0.4) is 0 Å². The molecule has 0 saturated carbocycles. The summed E-state index contributed by atoms with van der Waals surface area (Å²) in [4.78, 5) is 25.7. The summed E-state index contributed by atoms with van der Waals surface area (Å²) in [5.74, 6) is -3.13. The second-order valence-corrected chi connectivity index (χ2v) is 8.32. The van der Waals surface area contributed by atoms with E-state index < -0.39 is 23.7 Å². The topological polar surface area (TPSA) is 91.2 Å². The highest BCUT2D eigenvalue weighted by Gasteiger charge is 2.64. The van der Waals surface area contributed by atoms with Crippen molar-refractivity contribution in [2.75, 3.05) is 12.4 Å². The first-order valence-corrected chi connectivity index (χ1v) is 10.2. The van der Waals surface area contributed by atoms with Crippen molar-refractivity contribution in [2.24, 2.45) is 0 Å². The van der Waals surface area contributed by atoms with Gasteiger partial charge in [0, 0.05) is 9.90 Å². The van der Waals surface area contributed by atoms with Crippen LogP contribution in [-0.4, -0.2) is 30.8 Å². The van der Waals surface area contributed by atoms with E-state index in [1.54, 1.807) is 19.2 Å². The van der Waals surface area contributed by atoms with Crippen molar-refractivity contribution in [1.29, 1.82) is 5.26 Å². The first kappa shape index (κ1) is 24.8. The third-order valence-electron chi connectivity index (χ3n) is 4.37. The molecule has 1 unspecified atom stereocenters. The fourth-order valence-electron chi connectivity index (χ4n) is 2.84. The van der Waals surface area contributed by atoms with Crippen LogP contribution in [0.1, 0.15) is 33.3 Å². The number of alkyl halides is 3. The smallest absolute Gasteiger partial charge is 0.441 e. The summed E-state index contributed by atoms with van der Waals surface area (Å²) in [5, 5.41) is 12.9. The van der Waals surface area contributed by atoms with Gasteiger partial charge in [-0.25, -0.2) is 4.79 Å². The molecule has 31 heavy (non-hydrogen) atoms. The molecule has 1 amide bonds. The molecule has 12 heteroatoms.